The van der Waals surface area contributed by atoms with Crippen LogP contribution < -0.4 is 4.90 Å². The molecule has 1 atom stereocenters. The SMILES string of the molecule is CCc1[nH]nc(C(=O)N2CCC[C@H](N3CCN(c4ccc(F)cc4)CC3)C2)c1C. The molecule has 0 spiro atoms. The van der Waals surface area contributed by atoms with E-state index in [-0.39, 0.29) is 11.7 Å². The third-order valence-electron chi connectivity index (χ3n) is 6.37. The van der Waals surface area contributed by atoms with E-state index in [1.54, 1.807) is 0 Å². The maximum absolute atomic E-state index is 13.2. The highest BCUT2D eigenvalue weighted by Gasteiger charge is 2.31. The number of amides is 1. The van der Waals surface area contributed by atoms with E-state index in [0.29, 0.717) is 11.7 Å². The molecule has 0 unspecified atom stereocenters. The summed E-state index contributed by atoms with van der Waals surface area (Å²) in [5.41, 5.74) is 3.67. The summed E-state index contributed by atoms with van der Waals surface area (Å²) in [6.07, 6.45) is 3.01. The second-order valence-corrected chi connectivity index (χ2v) is 8.08. The molecule has 2 saturated heterocycles. The van der Waals surface area contributed by atoms with Gasteiger partial charge in [0.2, 0.25) is 0 Å². The van der Waals surface area contributed by atoms with Gasteiger partial charge in [0, 0.05) is 62.3 Å². The number of hydrogen-bond acceptors (Lipinski definition) is 4. The topological polar surface area (TPSA) is 55.5 Å². The number of aromatic amines is 1. The number of anilines is 1. The third kappa shape index (κ3) is 4.15. The fourth-order valence-corrected chi connectivity index (χ4v) is 4.57. The van der Waals surface area contributed by atoms with Crippen molar-refractivity contribution in [3.63, 3.8) is 0 Å². The molecular formula is C22H30FN5O. The average molecular weight is 400 g/mol. The Morgan fingerprint density at radius 2 is 1.90 bits per heavy atom. The second-order valence-electron chi connectivity index (χ2n) is 8.08. The van der Waals surface area contributed by atoms with Gasteiger partial charge in [0.1, 0.15) is 5.82 Å². The van der Waals surface area contributed by atoms with Gasteiger partial charge in [0.15, 0.2) is 5.69 Å². The minimum Gasteiger partial charge on any atom is -0.369 e. The van der Waals surface area contributed by atoms with Crippen LogP contribution in [0.1, 0.15) is 41.5 Å². The summed E-state index contributed by atoms with van der Waals surface area (Å²) in [4.78, 5) is 19.8. The number of nitrogens with one attached hydrogen (secondary N) is 1. The van der Waals surface area contributed by atoms with Crippen molar-refractivity contribution in [2.75, 3.05) is 44.2 Å². The highest BCUT2D eigenvalue weighted by atomic mass is 19.1. The van der Waals surface area contributed by atoms with Crippen molar-refractivity contribution in [3.8, 4) is 0 Å². The Bertz CT molecular complexity index is 841. The van der Waals surface area contributed by atoms with Gasteiger partial charge in [-0.25, -0.2) is 4.39 Å². The van der Waals surface area contributed by atoms with Gasteiger partial charge in [-0.2, -0.15) is 5.10 Å². The number of aryl methyl sites for hydroxylation is 1. The molecule has 2 fully saturated rings. The van der Waals surface area contributed by atoms with Crippen LogP contribution in [0.15, 0.2) is 24.3 Å². The number of carbonyl (C=O) groups excluding carboxylic acids is 1. The van der Waals surface area contributed by atoms with E-state index in [1.807, 2.05) is 24.0 Å². The molecule has 0 aliphatic carbocycles. The van der Waals surface area contributed by atoms with Crippen molar-refractivity contribution < 1.29 is 9.18 Å². The first-order valence-corrected chi connectivity index (χ1v) is 10.6. The lowest BCUT2D eigenvalue weighted by atomic mass is 10.0. The van der Waals surface area contributed by atoms with E-state index in [2.05, 4.69) is 26.9 Å². The molecule has 1 aromatic carbocycles. The normalized spacial score (nSPS) is 20.9. The standard InChI is InChI=1S/C22H30FN5O/c1-3-20-16(2)21(25-24-20)22(29)28-10-4-5-19(15-28)27-13-11-26(12-14-27)18-8-6-17(23)7-9-18/h6-9,19H,3-5,10-15H2,1-2H3,(H,24,25)/t19-/m0/s1. The molecule has 2 aliphatic heterocycles. The van der Waals surface area contributed by atoms with Gasteiger partial charge in [-0.3, -0.25) is 14.8 Å². The number of H-pyrrole nitrogens is 1. The Morgan fingerprint density at radius 1 is 1.17 bits per heavy atom. The fourth-order valence-electron chi connectivity index (χ4n) is 4.57. The van der Waals surface area contributed by atoms with Crippen LogP contribution in [0.4, 0.5) is 10.1 Å². The Morgan fingerprint density at radius 3 is 2.55 bits per heavy atom. The van der Waals surface area contributed by atoms with E-state index in [1.165, 1.54) is 12.1 Å². The van der Waals surface area contributed by atoms with E-state index in [0.717, 1.165) is 75.5 Å². The monoisotopic (exact) mass is 399 g/mol. The molecule has 2 aromatic rings. The van der Waals surface area contributed by atoms with Gasteiger partial charge in [-0.15, -0.1) is 0 Å². The van der Waals surface area contributed by atoms with Crippen LogP contribution in [0.3, 0.4) is 0 Å². The minimum atomic E-state index is -0.197. The van der Waals surface area contributed by atoms with Gasteiger partial charge >= 0.3 is 0 Å². The summed E-state index contributed by atoms with van der Waals surface area (Å²) < 4.78 is 13.2. The highest BCUT2D eigenvalue weighted by Crippen LogP contribution is 2.23. The molecule has 0 radical (unpaired) electrons. The van der Waals surface area contributed by atoms with Gasteiger partial charge in [-0.05, 0) is 50.5 Å². The molecule has 1 amide bonds. The molecule has 1 aromatic heterocycles. The Balaban J connectivity index is 1.36. The molecular weight excluding hydrogens is 369 g/mol. The molecule has 6 nitrogen and oxygen atoms in total. The number of halogens is 1. The van der Waals surface area contributed by atoms with Gasteiger partial charge in [0.25, 0.3) is 5.91 Å². The van der Waals surface area contributed by atoms with Crippen LogP contribution in [-0.2, 0) is 6.42 Å². The van der Waals surface area contributed by atoms with Crippen LogP contribution in [0, 0.1) is 12.7 Å². The number of benzene rings is 1. The number of carbonyl (C=O) groups is 1. The highest BCUT2D eigenvalue weighted by molar-refractivity contribution is 5.94. The largest absolute Gasteiger partial charge is 0.369 e. The summed E-state index contributed by atoms with van der Waals surface area (Å²) in [7, 11) is 0. The van der Waals surface area contributed by atoms with E-state index >= 15 is 0 Å². The maximum atomic E-state index is 13.2. The molecule has 0 bridgehead atoms. The van der Waals surface area contributed by atoms with Crippen molar-refractivity contribution in [1.82, 2.24) is 20.0 Å². The average Bonchev–Trinajstić information content (AvgIpc) is 3.14. The first-order valence-electron chi connectivity index (χ1n) is 10.6. The molecule has 0 saturated carbocycles. The molecule has 4 rings (SSSR count). The predicted molar refractivity (Wildman–Crippen MR) is 112 cm³/mol. The number of likely N-dealkylation sites (tertiary alicyclic amines) is 1. The van der Waals surface area contributed by atoms with Gasteiger partial charge in [-0.1, -0.05) is 6.92 Å². The maximum Gasteiger partial charge on any atom is 0.274 e. The fraction of sp³-hybridized carbons (Fsp3) is 0.545. The second kappa shape index (κ2) is 8.53. The van der Waals surface area contributed by atoms with E-state index < -0.39 is 0 Å². The smallest absolute Gasteiger partial charge is 0.274 e. The molecule has 2 aliphatic rings. The number of piperazine rings is 1. The lowest BCUT2D eigenvalue weighted by Gasteiger charge is -2.43. The van der Waals surface area contributed by atoms with Crippen molar-refractivity contribution in [2.45, 2.75) is 39.2 Å². The summed E-state index contributed by atoms with van der Waals surface area (Å²) in [5, 5.41) is 7.29. The number of hydrogen-bond donors (Lipinski definition) is 1. The summed E-state index contributed by atoms with van der Waals surface area (Å²) >= 11 is 0. The van der Waals surface area contributed by atoms with Crippen LogP contribution in [0.2, 0.25) is 0 Å². The van der Waals surface area contributed by atoms with Crippen LogP contribution in [0.5, 0.6) is 0 Å². The summed E-state index contributed by atoms with van der Waals surface area (Å²) in [6, 6.07) is 7.14. The predicted octanol–water partition coefficient (Wildman–Crippen LogP) is 2.85. The lowest BCUT2D eigenvalue weighted by Crippen LogP contribution is -2.56. The van der Waals surface area contributed by atoms with E-state index in [4.69, 9.17) is 0 Å². The molecule has 1 N–H and O–H groups in total. The van der Waals surface area contributed by atoms with E-state index in [9.17, 15) is 9.18 Å². The van der Waals surface area contributed by atoms with Gasteiger partial charge in [0.05, 0.1) is 0 Å². The molecule has 156 valence electrons. The van der Waals surface area contributed by atoms with Crippen molar-refractivity contribution in [1.29, 1.82) is 0 Å². The first kappa shape index (κ1) is 19.9. The number of aromatic nitrogens is 2. The molecule has 7 heteroatoms. The van der Waals surface area contributed by atoms with Gasteiger partial charge < -0.3 is 9.80 Å². The van der Waals surface area contributed by atoms with Crippen LogP contribution in [0.25, 0.3) is 0 Å². The lowest BCUT2D eigenvalue weighted by molar-refractivity contribution is 0.0557. The number of nitrogens with zero attached hydrogens (tertiary/aromatic N) is 4. The third-order valence-corrected chi connectivity index (χ3v) is 6.37. The summed E-state index contributed by atoms with van der Waals surface area (Å²) in [6.45, 7) is 9.39. The number of rotatable bonds is 4. The zero-order valence-corrected chi connectivity index (χ0v) is 17.3. The van der Waals surface area contributed by atoms with Crippen molar-refractivity contribution >= 4 is 11.6 Å². The van der Waals surface area contributed by atoms with Crippen molar-refractivity contribution in [2.24, 2.45) is 0 Å². The minimum absolute atomic E-state index is 0.0492. The quantitative estimate of drug-likeness (QED) is 0.859. The number of piperidine rings is 1. The molecule has 3 heterocycles. The zero-order chi connectivity index (χ0) is 20.4. The Kier molecular flexibility index (Phi) is 5.85. The first-order chi connectivity index (χ1) is 14.1. The summed E-state index contributed by atoms with van der Waals surface area (Å²) in [5.74, 6) is -0.148. The van der Waals surface area contributed by atoms with Crippen LogP contribution in [-0.4, -0.2) is 71.2 Å². The molecule has 29 heavy (non-hydrogen) atoms. The Labute approximate surface area is 171 Å². The van der Waals surface area contributed by atoms with Crippen molar-refractivity contribution in [3.05, 3.63) is 47.0 Å². The zero-order valence-electron chi connectivity index (χ0n) is 17.3. The van der Waals surface area contributed by atoms with Crippen LogP contribution >= 0.6 is 0 Å². The Hall–Kier alpha value is -2.41.